The number of ether oxygens (including phenoxy) is 1. The minimum Gasteiger partial charge on any atom is -0.497 e. The van der Waals surface area contributed by atoms with Gasteiger partial charge >= 0.3 is 0 Å². The van der Waals surface area contributed by atoms with E-state index < -0.39 is 15.9 Å². The predicted molar refractivity (Wildman–Crippen MR) is 106 cm³/mol. The number of nitrogens with zero attached hydrogens (tertiary/aromatic N) is 1. The second kappa shape index (κ2) is 7.94. The average molecular weight is 386 g/mol. The Morgan fingerprint density at radius 2 is 1.81 bits per heavy atom. The second-order valence-corrected chi connectivity index (χ2v) is 8.45. The van der Waals surface area contributed by atoms with Gasteiger partial charge in [0, 0.05) is 12.7 Å². The van der Waals surface area contributed by atoms with Crippen molar-refractivity contribution in [2.24, 2.45) is 0 Å². The Bertz CT molecular complexity index is 966. The van der Waals surface area contributed by atoms with Crippen LogP contribution < -0.4 is 10.1 Å². The fourth-order valence-electron chi connectivity index (χ4n) is 2.97. The summed E-state index contributed by atoms with van der Waals surface area (Å²) < 4.78 is 31.8. The molecule has 1 aliphatic carbocycles. The van der Waals surface area contributed by atoms with E-state index in [4.69, 9.17) is 4.74 Å². The maximum absolute atomic E-state index is 12.8. The van der Waals surface area contributed by atoms with Crippen molar-refractivity contribution >= 4 is 27.7 Å². The van der Waals surface area contributed by atoms with Crippen molar-refractivity contribution < 1.29 is 17.9 Å². The molecule has 3 rings (SSSR count). The van der Waals surface area contributed by atoms with Crippen molar-refractivity contribution in [2.75, 3.05) is 26.0 Å². The summed E-state index contributed by atoms with van der Waals surface area (Å²) in [5.41, 5.74) is 2.63. The molecule has 1 aliphatic rings. The summed E-state index contributed by atoms with van der Waals surface area (Å²) in [4.78, 5) is 12.6. The van der Waals surface area contributed by atoms with Crippen molar-refractivity contribution in [2.45, 2.75) is 12.8 Å². The Labute approximate surface area is 159 Å². The molecule has 0 saturated heterocycles. The third-order valence-electron chi connectivity index (χ3n) is 4.49. The van der Waals surface area contributed by atoms with E-state index in [1.54, 1.807) is 37.5 Å². The molecule has 2 aromatic rings. The highest BCUT2D eigenvalue weighted by molar-refractivity contribution is 7.93. The minimum atomic E-state index is -3.69. The molecule has 1 amide bonds. The van der Waals surface area contributed by atoms with Gasteiger partial charge in [-0.3, -0.25) is 4.79 Å². The van der Waals surface area contributed by atoms with Crippen LogP contribution in [0.1, 0.15) is 17.5 Å². The van der Waals surface area contributed by atoms with Crippen molar-refractivity contribution in [1.29, 1.82) is 0 Å². The number of nitrogens with one attached hydrogen (secondary N) is 1. The molecule has 2 aromatic carbocycles. The minimum absolute atomic E-state index is 0.257. The highest BCUT2D eigenvalue weighted by Crippen LogP contribution is 2.28. The largest absolute Gasteiger partial charge is 0.497 e. The highest BCUT2D eigenvalue weighted by atomic mass is 32.2. The van der Waals surface area contributed by atoms with Crippen molar-refractivity contribution in [1.82, 2.24) is 4.31 Å². The van der Waals surface area contributed by atoms with Crippen LogP contribution in [0.2, 0.25) is 0 Å². The molecule has 0 radical (unpaired) electrons. The van der Waals surface area contributed by atoms with Gasteiger partial charge in [-0.25, -0.2) is 8.42 Å². The van der Waals surface area contributed by atoms with Crippen LogP contribution in [0.15, 0.2) is 53.4 Å². The monoisotopic (exact) mass is 386 g/mol. The van der Waals surface area contributed by atoms with Crippen LogP contribution in [0.5, 0.6) is 5.75 Å². The number of fused-ring (bicyclic) bond motifs is 1. The molecular weight excluding hydrogens is 364 g/mol. The number of allylic oxidation sites excluding steroid dienone is 1. The Morgan fingerprint density at radius 3 is 2.52 bits per heavy atom. The first-order valence-corrected chi connectivity index (χ1v) is 10.0. The quantitative estimate of drug-likeness (QED) is 0.828. The molecule has 0 aliphatic heterocycles. The molecule has 0 aromatic heterocycles. The number of rotatable bonds is 6. The number of carbonyl (C=O) groups is 1. The molecule has 6 nitrogen and oxygen atoms in total. The number of sulfonamides is 1. The first-order valence-electron chi connectivity index (χ1n) is 8.59. The van der Waals surface area contributed by atoms with Gasteiger partial charge in [-0.2, -0.15) is 4.31 Å². The van der Waals surface area contributed by atoms with Crippen LogP contribution >= 0.6 is 0 Å². The van der Waals surface area contributed by atoms with E-state index in [1.807, 2.05) is 24.3 Å². The summed E-state index contributed by atoms with van der Waals surface area (Å²) in [6.07, 6.45) is 2.81. The number of hydrogen-bond acceptors (Lipinski definition) is 4. The zero-order valence-corrected chi connectivity index (χ0v) is 16.1. The Kier molecular flexibility index (Phi) is 5.62. The maximum Gasteiger partial charge on any atom is 0.239 e. The third-order valence-corrected chi connectivity index (χ3v) is 6.43. The van der Waals surface area contributed by atoms with Gasteiger partial charge in [-0.15, -0.1) is 0 Å². The number of aryl methyl sites for hydroxylation is 1. The fraction of sp³-hybridized carbons (Fsp3) is 0.250. The topological polar surface area (TPSA) is 75.7 Å². The molecule has 27 heavy (non-hydrogen) atoms. The lowest BCUT2D eigenvalue weighted by molar-refractivity contribution is -0.116. The fourth-order valence-corrected chi connectivity index (χ4v) is 4.30. The zero-order chi connectivity index (χ0) is 19.4. The van der Waals surface area contributed by atoms with E-state index in [2.05, 4.69) is 5.32 Å². The van der Waals surface area contributed by atoms with E-state index in [0.717, 1.165) is 15.4 Å². The first-order chi connectivity index (χ1) is 12.9. The third kappa shape index (κ3) is 4.37. The van der Waals surface area contributed by atoms with Gasteiger partial charge in [-0.1, -0.05) is 24.3 Å². The molecule has 0 atom stereocenters. The molecule has 0 heterocycles. The summed E-state index contributed by atoms with van der Waals surface area (Å²) >= 11 is 0. The summed E-state index contributed by atoms with van der Waals surface area (Å²) in [5, 5.41) is 2.69. The van der Waals surface area contributed by atoms with E-state index in [9.17, 15) is 13.2 Å². The lowest BCUT2D eigenvalue weighted by Gasteiger charge is -2.22. The highest BCUT2D eigenvalue weighted by Gasteiger charge is 2.27. The number of anilines is 1. The predicted octanol–water partition coefficient (Wildman–Crippen LogP) is 2.88. The summed E-state index contributed by atoms with van der Waals surface area (Å²) in [6, 6.07) is 14.6. The first kappa shape index (κ1) is 19.1. The summed E-state index contributed by atoms with van der Waals surface area (Å²) in [6.45, 7) is -0.257. The van der Waals surface area contributed by atoms with E-state index >= 15 is 0 Å². The van der Waals surface area contributed by atoms with Crippen molar-refractivity contribution in [3.05, 3.63) is 64.6 Å². The van der Waals surface area contributed by atoms with Crippen LogP contribution in [-0.2, 0) is 21.2 Å². The molecular formula is C20H22N2O4S. The van der Waals surface area contributed by atoms with Crippen LogP contribution in [0.25, 0.3) is 6.08 Å². The molecule has 7 heteroatoms. The zero-order valence-electron chi connectivity index (χ0n) is 15.3. The molecule has 0 saturated carbocycles. The van der Waals surface area contributed by atoms with Gasteiger partial charge in [0.2, 0.25) is 15.9 Å². The van der Waals surface area contributed by atoms with Crippen LogP contribution in [0, 0.1) is 0 Å². The van der Waals surface area contributed by atoms with Gasteiger partial charge in [0.05, 0.1) is 18.6 Å². The van der Waals surface area contributed by atoms with E-state index in [0.29, 0.717) is 29.2 Å². The van der Waals surface area contributed by atoms with Gasteiger partial charge < -0.3 is 10.1 Å². The number of benzene rings is 2. The Hall–Kier alpha value is -2.64. The number of hydrogen-bond donors (Lipinski definition) is 1. The van der Waals surface area contributed by atoms with Crippen LogP contribution in [-0.4, -0.2) is 39.3 Å². The number of amides is 1. The van der Waals surface area contributed by atoms with Crippen LogP contribution in [0.3, 0.4) is 0 Å². The second-order valence-electron chi connectivity index (χ2n) is 6.35. The van der Waals surface area contributed by atoms with Gasteiger partial charge in [-0.05, 0) is 54.3 Å². The number of methoxy groups -OCH3 is 1. The SMILES string of the molecule is COc1ccc(NC(=O)CN(C)S(=O)(=O)C2=Cc3ccccc3CC2)cc1. The average Bonchev–Trinajstić information content (AvgIpc) is 2.68. The van der Waals surface area contributed by atoms with Gasteiger partial charge in [0.15, 0.2) is 0 Å². The number of likely N-dealkylation sites (N-methyl/N-ethyl adjacent to an activating group) is 1. The molecule has 0 unspecified atom stereocenters. The standard InChI is InChI=1S/C20H22N2O4S/c1-22(14-20(23)21-17-8-10-18(26-2)11-9-17)27(24,25)19-12-7-15-5-3-4-6-16(15)13-19/h3-6,8-11,13H,7,12,14H2,1-2H3,(H,21,23). The lowest BCUT2D eigenvalue weighted by Crippen LogP contribution is -2.36. The number of carbonyl (C=O) groups excluding carboxylic acids is 1. The molecule has 0 fully saturated rings. The van der Waals surface area contributed by atoms with Crippen LogP contribution in [0.4, 0.5) is 5.69 Å². The summed E-state index contributed by atoms with van der Waals surface area (Å²) in [7, 11) is -0.707. The molecule has 142 valence electrons. The van der Waals surface area contributed by atoms with E-state index in [1.165, 1.54) is 7.05 Å². The molecule has 0 bridgehead atoms. The summed E-state index contributed by atoms with van der Waals surface area (Å²) in [5.74, 6) is 0.278. The Balaban J connectivity index is 1.68. The Morgan fingerprint density at radius 1 is 1.11 bits per heavy atom. The molecule has 0 spiro atoms. The normalized spacial score (nSPS) is 13.7. The maximum atomic E-state index is 12.8. The smallest absolute Gasteiger partial charge is 0.239 e. The van der Waals surface area contributed by atoms with Gasteiger partial charge in [0.25, 0.3) is 0 Å². The van der Waals surface area contributed by atoms with Crippen molar-refractivity contribution in [3.63, 3.8) is 0 Å². The lowest BCUT2D eigenvalue weighted by atomic mass is 9.98. The van der Waals surface area contributed by atoms with E-state index in [-0.39, 0.29) is 6.54 Å². The van der Waals surface area contributed by atoms with Crippen molar-refractivity contribution in [3.8, 4) is 5.75 Å². The van der Waals surface area contributed by atoms with Gasteiger partial charge in [0.1, 0.15) is 5.75 Å². The molecule has 1 N–H and O–H groups in total.